The van der Waals surface area contributed by atoms with E-state index in [1.807, 2.05) is 12.1 Å². The van der Waals surface area contributed by atoms with Gasteiger partial charge in [-0.25, -0.2) is 0 Å². The molecule has 0 saturated heterocycles. The number of fused-ring (bicyclic) bond motifs is 1. The van der Waals surface area contributed by atoms with Gasteiger partial charge >= 0.3 is 192 Å². The summed E-state index contributed by atoms with van der Waals surface area (Å²) < 4.78 is 8.42. The van der Waals surface area contributed by atoms with Crippen LogP contribution in [-0.2, 0) is 0 Å². The number of hydrazone groups is 1. The maximum absolute atomic E-state index is 4.95. The fourth-order valence-corrected chi connectivity index (χ4v) is 21.0. The third kappa shape index (κ3) is 7.22. The molecule has 0 aliphatic carbocycles. The van der Waals surface area contributed by atoms with Gasteiger partial charge in [0.05, 0.1) is 0 Å². The number of nitrogens with zero attached hydrogens (tertiary/aromatic N) is 4. The molecule has 6 heteroatoms. The molecule has 5 nitrogen and oxygen atoms in total. The van der Waals surface area contributed by atoms with Crippen LogP contribution < -0.4 is 9.01 Å². The van der Waals surface area contributed by atoms with Crippen molar-refractivity contribution in [3.63, 3.8) is 0 Å². The van der Waals surface area contributed by atoms with E-state index < -0.39 is 18.4 Å². The molecule has 0 atom stereocenters. The van der Waals surface area contributed by atoms with Crippen LogP contribution in [0.4, 0.5) is 5.69 Å². The van der Waals surface area contributed by atoms with Gasteiger partial charge in [0.15, 0.2) is 0 Å². The van der Waals surface area contributed by atoms with Crippen molar-refractivity contribution < 1.29 is 0 Å². The van der Waals surface area contributed by atoms with E-state index in [0.717, 1.165) is 28.2 Å². The number of pyridine rings is 2. The predicted octanol–water partition coefficient (Wildman–Crippen LogP) is 7.90. The molecule has 0 amide bonds. The Labute approximate surface area is 226 Å². The van der Waals surface area contributed by atoms with E-state index in [-0.39, 0.29) is 0 Å². The van der Waals surface area contributed by atoms with Gasteiger partial charge in [-0.3, -0.25) is 4.98 Å². The molecule has 4 rings (SSSR count). The number of nitrogens with one attached hydrogen (secondary N) is 1. The van der Waals surface area contributed by atoms with Crippen LogP contribution in [0.5, 0.6) is 0 Å². The first-order chi connectivity index (χ1) is 18.2. The third-order valence-corrected chi connectivity index (χ3v) is 22.9. The Hall–Kier alpha value is -2.67. The summed E-state index contributed by atoms with van der Waals surface area (Å²) in [5.41, 5.74) is 8.22. The maximum atomic E-state index is 4.95. The molecular formula is C31H41N5Sn. The van der Waals surface area contributed by atoms with Gasteiger partial charge in [0, 0.05) is 12.4 Å². The van der Waals surface area contributed by atoms with Crippen molar-refractivity contribution in [3.8, 4) is 11.3 Å². The second-order valence-electron chi connectivity index (χ2n) is 10.1. The molecule has 3 aromatic heterocycles. The van der Waals surface area contributed by atoms with Gasteiger partial charge in [0.2, 0.25) is 0 Å². The molecule has 0 aliphatic rings. The quantitative estimate of drug-likeness (QED) is 0.0908. The molecule has 0 aliphatic heterocycles. The van der Waals surface area contributed by atoms with Crippen molar-refractivity contribution in [2.24, 2.45) is 5.10 Å². The number of anilines is 1. The summed E-state index contributed by atoms with van der Waals surface area (Å²) >= 11 is -2.47. The number of hydrogen-bond acceptors (Lipinski definition) is 4. The molecule has 0 unspecified atom stereocenters. The van der Waals surface area contributed by atoms with Crippen LogP contribution >= 0.6 is 0 Å². The van der Waals surface area contributed by atoms with Gasteiger partial charge in [0.1, 0.15) is 0 Å². The molecule has 0 radical (unpaired) electrons. The van der Waals surface area contributed by atoms with Gasteiger partial charge in [-0.2, -0.15) is 0 Å². The summed E-state index contributed by atoms with van der Waals surface area (Å²) in [5, 5.41) is 4.33. The fraction of sp³-hybridized carbons (Fsp3) is 0.387. The summed E-state index contributed by atoms with van der Waals surface area (Å²) in [6, 6.07) is 16.9. The van der Waals surface area contributed by atoms with Crippen LogP contribution in [0.3, 0.4) is 0 Å². The van der Waals surface area contributed by atoms with E-state index in [1.165, 1.54) is 51.8 Å². The molecule has 0 fully saturated rings. The van der Waals surface area contributed by atoms with Crippen LogP contribution in [0.1, 0.15) is 64.9 Å². The molecule has 0 spiro atoms. The zero-order valence-corrected chi connectivity index (χ0v) is 25.5. The number of aromatic nitrogens is 3. The molecule has 1 N–H and O–H groups in total. The Morgan fingerprint density at radius 1 is 0.811 bits per heavy atom. The molecule has 4 aromatic rings. The van der Waals surface area contributed by atoms with Crippen molar-refractivity contribution in [2.45, 2.75) is 72.6 Å². The zero-order valence-electron chi connectivity index (χ0n) is 22.7. The minimum atomic E-state index is -2.47. The SMILES string of the molecule is CCC[CH2][Sn]([CH2]CCC)([CH2]CCC)[c]1ccc2nc(-c3ccc(N/N=C/c4ccncc4)cc3)cn2c1. The number of rotatable bonds is 14. The van der Waals surface area contributed by atoms with Crippen molar-refractivity contribution in [2.75, 3.05) is 5.43 Å². The Bertz CT molecular complexity index is 1240. The van der Waals surface area contributed by atoms with Crippen molar-refractivity contribution in [3.05, 3.63) is 78.9 Å². The molecule has 194 valence electrons. The van der Waals surface area contributed by atoms with Crippen LogP contribution in [0.25, 0.3) is 16.9 Å². The van der Waals surface area contributed by atoms with Crippen LogP contribution in [0, 0.1) is 0 Å². The summed E-state index contributed by atoms with van der Waals surface area (Å²) in [4.78, 5) is 8.99. The first-order valence-electron chi connectivity index (χ1n) is 14.0. The molecule has 1 aromatic carbocycles. The number of hydrogen-bond donors (Lipinski definition) is 1. The van der Waals surface area contributed by atoms with E-state index in [4.69, 9.17) is 4.98 Å². The molecule has 0 bridgehead atoms. The Morgan fingerprint density at radius 3 is 2.08 bits per heavy atom. The van der Waals surface area contributed by atoms with Crippen molar-refractivity contribution in [1.29, 1.82) is 0 Å². The Balaban J connectivity index is 1.54. The minimum absolute atomic E-state index is 0.946. The summed E-state index contributed by atoms with van der Waals surface area (Å²) in [6.07, 6.45) is 18.0. The van der Waals surface area contributed by atoms with Gasteiger partial charge < -0.3 is 0 Å². The van der Waals surface area contributed by atoms with E-state index >= 15 is 0 Å². The van der Waals surface area contributed by atoms with Crippen LogP contribution in [0.15, 0.2) is 78.4 Å². The predicted molar refractivity (Wildman–Crippen MR) is 161 cm³/mol. The van der Waals surface area contributed by atoms with Crippen LogP contribution in [0.2, 0.25) is 13.3 Å². The van der Waals surface area contributed by atoms with Gasteiger partial charge in [-0.1, -0.05) is 0 Å². The first-order valence-corrected chi connectivity index (χ1v) is 21.4. The molecule has 3 heterocycles. The van der Waals surface area contributed by atoms with E-state index in [1.54, 1.807) is 22.2 Å². The second-order valence-corrected chi connectivity index (χ2v) is 23.4. The van der Waals surface area contributed by atoms with Gasteiger partial charge in [0.25, 0.3) is 0 Å². The zero-order chi connectivity index (χ0) is 25.9. The van der Waals surface area contributed by atoms with Gasteiger partial charge in [-0.05, 0) is 17.7 Å². The summed E-state index contributed by atoms with van der Waals surface area (Å²) in [7, 11) is 0. The van der Waals surface area contributed by atoms with Gasteiger partial charge in [-0.15, -0.1) is 0 Å². The van der Waals surface area contributed by atoms with Crippen molar-refractivity contribution >= 4 is 39.5 Å². The average molecular weight is 602 g/mol. The monoisotopic (exact) mass is 603 g/mol. The molecular weight excluding hydrogens is 561 g/mol. The summed E-state index contributed by atoms with van der Waals surface area (Å²) in [5.74, 6) is 0. The number of imidazole rings is 1. The van der Waals surface area contributed by atoms with E-state index in [9.17, 15) is 0 Å². The fourth-order valence-electron chi connectivity index (χ4n) is 5.14. The van der Waals surface area contributed by atoms with E-state index in [0.29, 0.717) is 0 Å². The Morgan fingerprint density at radius 2 is 1.46 bits per heavy atom. The summed E-state index contributed by atoms with van der Waals surface area (Å²) in [6.45, 7) is 7.03. The standard InChI is InChI=1S/C19H14N5.3C4H9.Sn/c1-2-12-24-14-18(22-19(24)3-1)16-4-6-17(7-5-16)23-21-13-15-8-10-20-11-9-15;3*1-3-4-2;/h1,3-14,23H;3*1,3-4H2,2H3;/b21-13+;;;;. The normalized spacial score (nSPS) is 12.0. The first kappa shape index (κ1) is 27.4. The topological polar surface area (TPSA) is 54.6 Å². The number of benzene rings is 1. The van der Waals surface area contributed by atoms with Crippen molar-refractivity contribution in [1.82, 2.24) is 14.4 Å². The molecule has 37 heavy (non-hydrogen) atoms. The third-order valence-electron chi connectivity index (χ3n) is 7.38. The average Bonchev–Trinajstić information content (AvgIpc) is 3.37. The Kier molecular flexibility index (Phi) is 10.2. The number of unbranched alkanes of at least 4 members (excludes halogenated alkanes) is 3. The van der Waals surface area contributed by atoms with E-state index in [2.05, 4.69) is 89.5 Å². The second kappa shape index (κ2) is 13.8. The van der Waals surface area contributed by atoms with Crippen LogP contribution in [-0.4, -0.2) is 39.0 Å². The molecule has 0 saturated carbocycles.